The molecule has 2 aliphatic heterocycles. The molecule has 4 unspecified atom stereocenters. The maximum absolute atomic E-state index is 6.70. The lowest BCUT2D eigenvalue weighted by atomic mass is 10.2. The van der Waals surface area contributed by atoms with Gasteiger partial charge in [-0.25, -0.2) is 4.98 Å². The van der Waals surface area contributed by atoms with E-state index >= 15 is 0 Å². The Balaban J connectivity index is 1.76. The summed E-state index contributed by atoms with van der Waals surface area (Å²) in [5.41, 5.74) is 1.36. The molecule has 0 bridgehead atoms. The Labute approximate surface area is 223 Å². The molecule has 0 radical (unpaired) electrons. The van der Waals surface area contributed by atoms with E-state index in [0.717, 1.165) is 5.16 Å². The Morgan fingerprint density at radius 2 is 1.44 bits per heavy atom. The van der Waals surface area contributed by atoms with Crippen molar-refractivity contribution < 1.29 is 22.4 Å². The van der Waals surface area contributed by atoms with Crippen LogP contribution in [0.2, 0.25) is 78.6 Å². The SMILES string of the molecule is C[Si](C)(C)OCC1OC2C(Sc3nc4c(O[Si](C)(C)C)nc(O[Si](C)(C)C)nc4n32)C1O[Si](C)(C)C. The molecule has 0 spiro atoms. The van der Waals surface area contributed by atoms with Crippen molar-refractivity contribution in [2.24, 2.45) is 0 Å². The average molecular weight is 587 g/mol. The van der Waals surface area contributed by atoms with Crippen LogP contribution in [0.15, 0.2) is 5.16 Å². The fourth-order valence-electron chi connectivity index (χ4n) is 4.08. The van der Waals surface area contributed by atoms with Crippen LogP contribution in [-0.2, 0) is 13.6 Å². The fraction of sp³-hybridized carbons (Fsp3) is 0.773. The van der Waals surface area contributed by atoms with Crippen LogP contribution in [0, 0.1) is 0 Å². The number of hydrogen-bond acceptors (Lipinski definition) is 9. The van der Waals surface area contributed by atoms with E-state index in [-0.39, 0.29) is 23.7 Å². The van der Waals surface area contributed by atoms with Gasteiger partial charge < -0.3 is 22.4 Å². The first-order valence-electron chi connectivity index (χ1n) is 12.6. The zero-order valence-corrected chi connectivity index (χ0v) is 28.6. The molecule has 2 aliphatic rings. The topological polar surface area (TPSA) is 89.8 Å². The van der Waals surface area contributed by atoms with E-state index in [4.69, 9.17) is 32.4 Å². The van der Waals surface area contributed by atoms with E-state index in [1.807, 2.05) is 0 Å². The molecule has 0 saturated carbocycles. The van der Waals surface area contributed by atoms with E-state index in [1.54, 1.807) is 11.8 Å². The van der Waals surface area contributed by atoms with Gasteiger partial charge in [-0.1, -0.05) is 11.8 Å². The molecule has 2 aromatic rings. The monoisotopic (exact) mass is 586 g/mol. The Bertz CT molecular complexity index is 1120. The molecule has 14 heteroatoms. The second-order valence-electron chi connectivity index (χ2n) is 13.4. The maximum Gasteiger partial charge on any atom is 0.307 e. The lowest BCUT2D eigenvalue weighted by Gasteiger charge is -2.30. The van der Waals surface area contributed by atoms with Gasteiger partial charge in [-0.05, 0) is 78.6 Å². The molecule has 0 aromatic carbocycles. The zero-order chi connectivity index (χ0) is 26.8. The van der Waals surface area contributed by atoms with Crippen LogP contribution < -0.4 is 8.85 Å². The van der Waals surface area contributed by atoms with Crippen LogP contribution in [0.4, 0.5) is 0 Å². The summed E-state index contributed by atoms with van der Waals surface area (Å²) in [7, 11) is -7.43. The number of rotatable bonds is 9. The van der Waals surface area contributed by atoms with Crippen LogP contribution in [0.1, 0.15) is 6.23 Å². The third kappa shape index (κ3) is 6.62. The van der Waals surface area contributed by atoms with Crippen LogP contribution in [0.3, 0.4) is 0 Å². The second-order valence-corrected chi connectivity index (χ2v) is 32.4. The van der Waals surface area contributed by atoms with Crippen molar-refractivity contribution in [2.45, 2.75) is 107 Å². The van der Waals surface area contributed by atoms with Crippen molar-refractivity contribution in [3.63, 3.8) is 0 Å². The highest BCUT2D eigenvalue weighted by Crippen LogP contribution is 2.51. The van der Waals surface area contributed by atoms with Gasteiger partial charge in [-0.2, -0.15) is 9.97 Å². The molecule has 4 heterocycles. The minimum Gasteiger partial charge on any atom is -0.530 e. The zero-order valence-electron chi connectivity index (χ0n) is 23.8. The predicted octanol–water partition coefficient (Wildman–Crippen LogP) is 5.70. The van der Waals surface area contributed by atoms with Gasteiger partial charge >= 0.3 is 6.01 Å². The molecular formula is C22H42N4O5SSi4. The molecule has 36 heavy (non-hydrogen) atoms. The summed E-state index contributed by atoms with van der Waals surface area (Å²) < 4.78 is 34.3. The van der Waals surface area contributed by atoms with Gasteiger partial charge in [0, 0.05) is 0 Å². The highest BCUT2D eigenvalue weighted by molar-refractivity contribution is 8.00. The molecule has 0 aliphatic carbocycles. The number of imidazole rings is 1. The summed E-state index contributed by atoms with van der Waals surface area (Å²) in [4.78, 5) is 14.4. The minimum atomic E-state index is -1.95. The molecule has 0 amide bonds. The molecular weight excluding hydrogens is 545 g/mol. The molecule has 1 fully saturated rings. The fourth-order valence-corrected chi connectivity index (χ4v) is 8.68. The largest absolute Gasteiger partial charge is 0.530 e. The molecule has 1 saturated heterocycles. The lowest BCUT2D eigenvalue weighted by Crippen LogP contribution is -2.43. The molecule has 0 N–H and O–H groups in total. The van der Waals surface area contributed by atoms with Gasteiger partial charge in [-0.3, -0.25) is 4.57 Å². The third-order valence-electron chi connectivity index (χ3n) is 5.21. The maximum atomic E-state index is 6.70. The number of ether oxygens (including phenoxy) is 1. The van der Waals surface area contributed by atoms with Crippen LogP contribution in [0.25, 0.3) is 11.2 Å². The van der Waals surface area contributed by atoms with Crippen molar-refractivity contribution in [1.82, 2.24) is 19.5 Å². The Morgan fingerprint density at radius 1 is 0.806 bits per heavy atom. The van der Waals surface area contributed by atoms with Crippen LogP contribution in [0.5, 0.6) is 11.9 Å². The average Bonchev–Trinajstić information content (AvgIpc) is 3.25. The summed E-state index contributed by atoms with van der Waals surface area (Å²) >= 11 is 1.70. The van der Waals surface area contributed by atoms with Gasteiger partial charge in [0.15, 0.2) is 39.2 Å². The molecule has 202 valence electrons. The molecule has 9 nitrogen and oxygen atoms in total. The highest BCUT2D eigenvalue weighted by Gasteiger charge is 2.54. The van der Waals surface area contributed by atoms with Crippen molar-refractivity contribution in [2.75, 3.05) is 6.61 Å². The summed E-state index contributed by atoms with van der Waals surface area (Å²) in [5, 5.41) is 0.935. The Kier molecular flexibility index (Phi) is 7.43. The second kappa shape index (κ2) is 9.46. The number of aromatic nitrogens is 4. The Hall–Kier alpha value is -0.752. The summed E-state index contributed by atoms with van der Waals surface area (Å²) in [6.07, 6.45) is -0.466. The van der Waals surface area contributed by atoms with Crippen molar-refractivity contribution in [3.8, 4) is 11.9 Å². The normalized spacial score (nSPS) is 24.8. The van der Waals surface area contributed by atoms with Crippen LogP contribution >= 0.6 is 11.8 Å². The first kappa shape index (κ1) is 28.3. The number of thioether (sulfide) groups is 1. The van der Waals surface area contributed by atoms with Gasteiger partial charge in [0.25, 0.3) is 0 Å². The number of nitrogens with zero attached hydrogens (tertiary/aromatic N) is 4. The smallest absolute Gasteiger partial charge is 0.307 e. The molecule has 4 atom stereocenters. The van der Waals surface area contributed by atoms with Gasteiger partial charge in [-0.15, -0.1) is 0 Å². The van der Waals surface area contributed by atoms with E-state index < -0.39 is 33.3 Å². The number of fused-ring (bicyclic) bond motifs is 5. The summed E-state index contributed by atoms with van der Waals surface area (Å²) in [5.74, 6) is 0.498. The van der Waals surface area contributed by atoms with E-state index in [9.17, 15) is 0 Å². The van der Waals surface area contributed by atoms with E-state index in [2.05, 4.69) is 88.1 Å². The summed E-state index contributed by atoms with van der Waals surface area (Å²) in [6.45, 7) is 26.5. The lowest BCUT2D eigenvalue weighted by molar-refractivity contribution is -0.0383. The van der Waals surface area contributed by atoms with Crippen LogP contribution in [-0.4, -0.2) is 76.9 Å². The van der Waals surface area contributed by atoms with Crippen molar-refractivity contribution >= 4 is 56.2 Å². The van der Waals surface area contributed by atoms with E-state index in [0.29, 0.717) is 29.7 Å². The predicted molar refractivity (Wildman–Crippen MR) is 154 cm³/mol. The first-order valence-corrected chi connectivity index (χ1v) is 27.1. The third-order valence-corrected chi connectivity index (χ3v) is 10.1. The van der Waals surface area contributed by atoms with Crippen molar-refractivity contribution in [3.05, 3.63) is 0 Å². The number of hydrogen-bond donors (Lipinski definition) is 0. The standard InChI is InChI=1S/C22H42N4O5SSi4/c1-33(2,3)27-13-14-16(29-34(4,5)6)17-20(28-14)26-18-15(23-22(26)32-17)19(30-35(7,8)9)25-21(24-18)31-36(10,11)12/h14,16-17,20H,13H2,1-12H3. The van der Waals surface area contributed by atoms with Crippen molar-refractivity contribution in [1.29, 1.82) is 0 Å². The van der Waals surface area contributed by atoms with E-state index in [1.165, 1.54) is 0 Å². The van der Waals surface area contributed by atoms with Gasteiger partial charge in [0.1, 0.15) is 6.10 Å². The van der Waals surface area contributed by atoms with Gasteiger partial charge in [0.05, 0.1) is 18.0 Å². The minimum absolute atomic E-state index is 0.0722. The molecule has 2 aromatic heterocycles. The summed E-state index contributed by atoms with van der Waals surface area (Å²) in [6, 6.07) is 0.345. The quantitative estimate of drug-likeness (QED) is 0.343. The van der Waals surface area contributed by atoms with Gasteiger partial charge in [0.2, 0.25) is 22.5 Å². The first-order chi connectivity index (χ1) is 16.3. The highest BCUT2D eigenvalue weighted by atomic mass is 32.2. The molecule has 4 rings (SSSR count). The Morgan fingerprint density at radius 3 is 2.00 bits per heavy atom.